The first-order valence-electron chi connectivity index (χ1n) is 7.73. The average molecular weight is 361 g/mol. The molecule has 1 amide bonds. The van der Waals surface area contributed by atoms with E-state index in [1.807, 2.05) is 18.2 Å². The maximum absolute atomic E-state index is 12.2. The molecule has 1 aromatic heterocycles. The van der Waals surface area contributed by atoms with Crippen molar-refractivity contribution in [1.29, 1.82) is 0 Å². The third kappa shape index (κ3) is 3.25. The number of amides is 1. The molecule has 24 heavy (non-hydrogen) atoms. The second-order valence-corrected chi connectivity index (χ2v) is 6.80. The van der Waals surface area contributed by atoms with Gasteiger partial charge >= 0.3 is 0 Å². The molecule has 1 fully saturated rings. The molecule has 0 radical (unpaired) electrons. The van der Waals surface area contributed by atoms with Gasteiger partial charge in [0.15, 0.2) is 11.5 Å². The number of aromatic nitrogens is 1. The van der Waals surface area contributed by atoms with Crippen LogP contribution in [0.15, 0.2) is 40.8 Å². The highest BCUT2D eigenvalue weighted by molar-refractivity contribution is 6.42. The molecule has 4 rings (SSSR count). The first-order chi connectivity index (χ1) is 11.6. The molecule has 0 spiro atoms. The molecule has 1 aliphatic rings. The van der Waals surface area contributed by atoms with Gasteiger partial charge in [-0.2, -0.15) is 0 Å². The van der Waals surface area contributed by atoms with Gasteiger partial charge in [0.25, 0.3) is 0 Å². The molecule has 1 N–H and O–H groups in total. The van der Waals surface area contributed by atoms with Crippen molar-refractivity contribution in [2.24, 2.45) is 0 Å². The number of nitrogens with one attached hydrogen (secondary N) is 1. The molecule has 1 heterocycles. The molecular weight excluding hydrogens is 347 g/mol. The van der Waals surface area contributed by atoms with E-state index in [1.165, 1.54) is 0 Å². The normalized spacial score (nSPS) is 14.1. The molecular formula is C18H14Cl2N2O2. The Morgan fingerprint density at radius 3 is 2.75 bits per heavy atom. The molecule has 6 heteroatoms. The number of benzene rings is 2. The van der Waals surface area contributed by atoms with Gasteiger partial charge in [0.05, 0.1) is 16.5 Å². The van der Waals surface area contributed by atoms with E-state index >= 15 is 0 Å². The summed E-state index contributed by atoms with van der Waals surface area (Å²) in [7, 11) is 0. The number of hydrogen-bond donors (Lipinski definition) is 1. The second-order valence-electron chi connectivity index (χ2n) is 5.98. The third-order valence-corrected chi connectivity index (χ3v) is 4.70. The molecule has 0 atom stereocenters. The minimum atomic E-state index is -0.126. The van der Waals surface area contributed by atoms with Gasteiger partial charge in [-0.25, -0.2) is 4.98 Å². The average Bonchev–Trinajstić information content (AvgIpc) is 3.31. The Morgan fingerprint density at radius 1 is 1.17 bits per heavy atom. The quantitative estimate of drug-likeness (QED) is 0.696. The Kier molecular flexibility index (Phi) is 3.94. The van der Waals surface area contributed by atoms with Crippen molar-refractivity contribution in [3.8, 4) is 0 Å². The molecule has 4 nitrogen and oxygen atoms in total. The van der Waals surface area contributed by atoms with Crippen molar-refractivity contribution in [3.05, 3.63) is 57.9 Å². The van der Waals surface area contributed by atoms with E-state index in [0.29, 0.717) is 21.7 Å². The van der Waals surface area contributed by atoms with Crippen molar-refractivity contribution in [2.45, 2.75) is 25.2 Å². The molecule has 0 unspecified atom stereocenters. The van der Waals surface area contributed by atoms with E-state index in [1.54, 1.807) is 18.2 Å². The van der Waals surface area contributed by atoms with E-state index in [-0.39, 0.29) is 12.3 Å². The van der Waals surface area contributed by atoms with Crippen LogP contribution in [-0.4, -0.2) is 10.9 Å². The number of carbonyl (C=O) groups is 1. The molecule has 1 aliphatic carbocycles. The van der Waals surface area contributed by atoms with Crippen LogP contribution >= 0.6 is 23.2 Å². The van der Waals surface area contributed by atoms with Crippen LogP contribution in [0.2, 0.25) is 10.0 Å². The Labute approximate surface area is 148 Å². The standard InChI is InChI=1S/C18H14Cl2N2O2/c19-13-5-1-10(7-14(13)20)8-17(23)21-12-4-6-16-15(9-12)22-18(24-16)11-2-3-11/h1,4-7,9,11H,2-3,8H2,(H,21,23). The lowest BCUT2D eigenvalue weighted by atomic mass is 10.1. The van der Waals surface area contributed by atoms with Crippen LogP contribution in [0, 0.1) is 0 Å². The van der Waals surface area contributed by atoms with Gasteiger partial charge in [-0.3, -0.25) is 4.79 Å². The van der Waals surface area contributed by atoms with Gasteiger partial charge in [0, 0.05) is 11.6 Å². The van der Waals surface area contributed by atoms with Crippen LogP contribution in [0.5, 0.6) is 0 Å². The number of carbonyl (C=O) groups excluding carboxylic acids is 1. The van der Waals surface area contributed by atoms with Gasteiger partial charge in [-0.05, 0) is 48.7 Å². The highest BCUT2D eigenvalue weighted by Crippen LogP contribution is 2.40. The van der Waals surface area contributed by atoms with Crippen LogP contribution < -0.4 is 5.32 Å². The maximum Gasteiger partial charge on any atom is 0.228 e. The second kappa shape index (κ2) is 6.11. The maximum atomic E-state index is 12.2. The smallest absolute Gasteiger partial charge is 0.228 e. The fourth-order valence-electron chi connectivity index (χ4n) is 2.57. The van der Waals surface area contributed by atoms with Gasteiger partial charge < -0.3 is 9.73 Å². The van der Waals surface area contributed by atoms with Crippen molar-refractivity contribution in [3.63, 3.8) is 0 Å². The number of anilines is 1. The van der Waals surface area contributed by atoms with Gasteiger partial charge in [0.2, 0.25) is 5.91 Å². The van der Waals surface area contributed by atoms with E-state index in [9.17, 15) is 4.79 Å². The first-order valence-corrected chi connectivity index (χ1v) is 8.48. The molecule has 0 bridgehead atoms. The van der Waals surface area contributed by atoms with Crippen molar-refractivity contribution >= 4 is 45.9 Å². The van der Waals surface area contributed by atoms with E-state index in [0.717, 1.165) is 35.4 Å². The summed E-state index contributed by atoms with van der Waals surface area (Å²) >= 11 is 11.9. The largest absolute Gasteiger partial charge is 0.440 e. The molecule has 1 saturated carbocycles. The van der Waals surface area contributed by atoms with Crippen molar-refractivity contribution < 1.29 is 9.21 Å². The summed E-state index contributed by atoms with van der Waals surface area (Å²) in [5.74, 6) is 1.13. The van der Waals surface area contributed by atoms with E-state index in [2.05, 4.69) is 10.3 Å². The number of halogens is 2. The predicted molar refractivity (Wildman–Crippen MR) is 94.8 cm³/mol. The summed E-state index contributed by atoms with van der Waals surface area (Å²) in [6.45, 7) is 0. The summed E-state index contributed by atoms with van der Waals surface area (Å²) in [5, 5.41) is 3.79. The Morgan fingerprint density at radius 2 is 2.00 bits per heavy atom. The van der Waals surface area contributed by atoms with Crippen LogP contribution in [-0.2, 0) is 11.2 Å². The number of oxazole rings is 1. The van der Waals surface area contributed by atoms with Crippen LogP contribution in [0.1, 0.15) is 30.2 Å². The Bertz CT molecular complexity index is 932. The summed E-state index contributed by atoms with van der Waals surface area (Å²) in [6, 6.07) is 10.7. The van der Waals surface area contributed by atoms with E-state index < -0.39 is 0 Å². The van der Waals surface area contributed by atoms with Crippen LogP contribution in [0.3, 0.4) is 0 Å². The summed E-state index contributed by atoms with van der Waals surface area (Å²) < 4.78 is 5.72. The number of nitrogens with zero attached hydrogens (tertiary/aromatic N) is 1. The predicted octanol–water partition coefficient (Wildman–Crippen LogP) is 5.19. The lowest BCUT2D eigenvalue weighted by molar-refractivity contribution is -0.115. The fourth-order valence-corrected chi connectivity index (χ4v) is 2.89. The molecule has 2 aromatic carbocycles. The molecule has 122 valence electrons. The summed E-state index contributed by atoms with van der Waals surface area (Å²) in [5.41, 5.74) is 3.02. The third-order valence-electron chi connectivity index (χ3n) is 3.96. The first kappa shape index (κ1) is 15.5. The molecule has 0 saturated heterocycles. The summed E-state index contributed by atoms with van der Waals surface area (Å²) in [6.07, 6.45) is 2.50. The minimum absolute atomic E-state index is 0.126. The van der Waals surface area contributed by atoms with E-state index in [4.69, 9.17) is 27.6 Å². The topological polar surface area (TPSA) is 55.1 Å². The molecule has 0 aliphatic heterocycles. The fraction of sp³-hybridized carbons (Fsp3) is 0.222. The minimum Gasteiger partial charge on any atom is -0.440 e. The number of hydrogen-bond acceptors (Lipinski definition) is 3. The molecule has 3 aromatic rings. The lowest BCUT2D eigenvalue weighted by Gasteiger charge is -2.06. The zero-order chi connectivity index (χ0) is 16.7. The number of fused-ring (bicyclic) bond motifs is 1. The number of rotatable bonds is 4. The van der Waals surface area contributed by atoms with Crippen molar-refractivity contribution in [2.75, 3.05) is 5.32 Å². The SMILES string of the molecule is O=C(Cc1ccc(Cl)c(Cl)c1)Nc1ccc2oc(C3CC3)nc2c1. The monoisotopic (exact) mass is 360 g/mol. The van der Waals surface area contributed by atoms with Crippen LogP contribution in [0.25, 0.3) is 11.1 Å². The summed E-state index contributed by atoms with van der Waals surface area (Å²) in [4.78, 5) is 16.7. The highest BCUT2D eigenvalue weighted by atomic mass is 35.5. The Balaban J connectivity index is 1.48. The van der Waals surface area contributed by atoms with Gasteiger partial charge in [-0.15, -0.1) is 0 Å². The Hall–Kier alpha value is -2.04. The van der Waals surface area contributed by atoms with Crippen molar-refractivity contribution in [1.82, 2.24) is 4.98 Å². The van der Waals surface area contributed by atoms with Gasteiger partial charge in [-0.1, -0.05) is 29.3 Å². The highest BCUT2D eigenvalue weighted by Gasteiger charge is 2.28. The zero-order valence-corrected chi connectivity index (χ0v) is 14.2. The van der Waals surface area contributed by atoms with Gasteiger partial charge in [0.1, 0.15) is 5.52 Å². The van der Waals surface area contributed by atoms with Crippen LogP contribution in [0.4, 0.5) is 5.69 Å². The lowest BCUT2D eigenvalue weighted by Crippen LogP contribution is -2.14. The zero-order valence-electron chi connectivity index (χ0n) is 12.7.